The van der Waals surface area contributed by atoms with E-state index < -0.39 is 0 Å². The molecule has 0 unspecified atom stereocenters. The van der Waals surface area contributed by atoms with Crippen LogP contribution in [0.2, 0.25) is 8.67 Å². The molecule has 102 valence electrons. The lowest BCUT2D eigenvalue weighted by Crippen LogP contribution is -1.95. The molecule has 20 heavy (non-hydrogen) atoms. The monoisotopic (exact) mass is 340 g/mol. The zero-order valence-electron chi connectivity index (χ0n) is 10.3. The van der Waals surface area contributed by atoms with Crippen LogP contribution in [0.5, 0.6) is 0 Å². The molecular weight excluding hydrogens is 331 g/mol. The van der Waals surface area contributed by atoms with Crippen molar-refractivity contribution in [3.05, 3.63) is 49.9 Å². The van der Waals surface area contributed by atoms with Crippen molar-refractivity contribution in [2.45, 2.75) is 6.54 Å². The third-order valence-corrected chi connectivity index (χ3v) is 5.23. The van der Waals surface area contributed by atoms with Crippen molar-refractivity contribution in [1.29, 1.82) is 0 Å². The number of halogens is 2. The van der Waals surface area contributed by atoms with E-state index in [0.29, 0.717) is 15.2 Å². The molecule has 0 atom stereocenters. The van der Waals surface area contributed by atoms with E-state index in [9.17, 15) is 0 Å². The van der Waals surface area contributed by atoms with Crippen LogP contribution in [-0.4, -0.2) is 4.98 Å². The number of thiophene rings is 1. The highest BCUT2D eigenvalue weighted by atomic mass is 35.5. The molecule has 2 nitrogen and oxygen atoms in total. The lowest BCUT2D eigenvalue weighted by molar-refractivity contribution is 1.07. The van der Waals surface area contributed by atoms with Gasteiger partial charge in [0, 0.05) is 23.1 Å². The fourth-order valence-electron chi connectivity index (χ4n) is 1.88. The third kappa shape index (κ3) is 2.75. The highest BCUT2D eigenvalue weighted by Crippen LogP contribution is 2.39. The number of thiazole rings is 1. The minimum Gasteiger partial charge on any atom is -0.326 e. The van der Waals surface area contributed by atoms with E-state index >= 15 is 0 Å². The van der Waals surface area contributed by atoms with Gasteiger partial charge >= 0.3 is 0 Å². The number of rotatable bonds is 3. The van der Waals surface area contributed by atoms with Crippen molar-refractivity contribution in [1.82, 2.24) is 4.98 Å². The predicted molar refractivity (Wildman–Crippen MR) is 88.8 cm³/mol. The van der Waals surface area contributed by atoms with Crippen LogP contribution in [0.1, 0.15) is 5.56 Å². The van der Waals surface area contributed by atoms with Gasteiger partial charge in [-0.15, -0.1) is 22.7 Å². The van der Waals surface area contributed by atoms with Gasteiger partial charge in [-0.05, 0) is 17.7 Å². The highest BCUT2D eigenvalue weighted by Gasteiger charge is 2.12. The summed E-state index contributed by atoms with van der Waals surface area (Å²) in [5.74, 6) is 0. The number of nitrogens with two attached hydrogens (primary N) is 1. The Morgan fingerprint density at radius 1 is 1.20 bits per heavy atom. The molecule has 0 aliphatic rings. The maximum Gasteiger partial charge on any atom is 0.124 e. The number of nitrogens with zero attached hydrogens (tertiary/aromatic N) is 1. The van der Waals surface area contributed by atoms with Crippen LogP contribution in [0, 0.1) is 0 Å². The maximum absolute atomic E-state index is 6.16. The van der Waals surface area contributed by atoms with E-state index in [1.807, 2.05) is 29.6 Å². The fraction of sp³-hybridized carbons (Fsp3) is 0.0714. The highest BCUT2D eigenvalue weighted by molar-refractivity contribution is 7.20. The molecule has 2 N–H and O–H groups in total. The molecule has 3 aromatic rings. The molecule has 2 aromatic heterocycles. The Hall–Kier alpha value is -0.910. The Morgan fingerprint density at radius 3 is 2.75 bits per heavy atom. The summed E-state index contributed by atoms with van der Waals surface area (Å²) in [5, 5.41) is 2.95. The normalized spacial score (nSPS) is 10.9. The second-order valence-electron chi connectivity index (χ2n) is 4.18. The average molecular weight is 341 g/mol. The average Bonchev–Trinajstić information content (AvgIpc) is 3.05. The first kappa shape index (κ1) is 14.0. The van der Waals surface area contributed by atoms with E-state index in [1.165, 1.54) is 11.3 Å². The van der Waals surface area contributed by atoms with Gasteiger partial charge in [0.15, 0.2) is 0 Å². The lowest BCUT2D eigenvalue weighted by Gasteiger charge is -1.99. The SMILES string of the molecule is NCc1cccc(-c2nc(-c3cc(Cl)sc3Cl)cs2)c1. The summed E-state index contributed by atoms with van der Waals surface area (Å²) < 4.78 is 1.34. The van der Waals surface area contributed by atoms with Crippen molar-refractivity contribution in [2.24, 2.45) is 5.73 Å². The van der Waals surface area contributed by atoms with E-state index in [4.69, 9.17) is 28.9 Å². The molecule has 2 heterocycles. The first-order valence-corrected chi connectivity index (χ1v) is 8.32. The smallest absolute Gasteiger partial charge is 0.124 e. The summed E-state index contributed by atoms with van der Waals surface area (Å²) in [5.41, 5.74) is 9.58. The predicted octanol–water partition coefficient (Wildman–Crippen LogP) is 5.30. The molecule has 0 bridgehead atoms. The number of aromatic nitrogens is 1. The lowest BCUT2D eigenvalue weighted by atomic mass is 10.1. The van der Waals surface area contributed by atoms with Gasteiger partial charge in [-0.1, -0.05) is 41.4 Å². The Morgan fingerprint density at radius 2 is 2.05 bits per heavy atom. The van der Waals surface area contributed by atoms with Crippen LogP contribution >= 0.6 is 45.9 Å². The number of hydrogen-bond acceptors (Lipinski definition) is 4. The van der Waals surface area contributed by atoms with Gasteiger partial charge in [0.05, 0.1) is 10.0 Å². The van der Waals surface area contributed by atoms with Crippen molar-refractivity contribution >= 4 is 45.9 Å². The molecule has 0 aliphatic heterocycles. The Bertz CT molecular complexity index is 749. The van der Waals surface area contributed by atoms with Crippen molar-refractivity contribution in [2.75, 3.05) is 0 Å². The van der Waals surface area contributed by atoms with Gasteiger partial charge in [-0.25, -0.2) is 4.98 Å². The third-order valence-electron chi connectivity index (χ3n) is 2.85. The summed E-state index contributed by atoms with van der Waals surface area (Å²) in [6.45, 7) is 0.526. The van der Waals surface area contributed by atoms with Gasteiger partial charge in [0.2, 0.25) is 0 Å². The van der Waals surface area contributed by atoms with E-state index in [-0.39, 0.29) is 0 Å². The van der Waals surface area contributed by atoms with Gasteiger partial charge < -0.3 is 5.73 Å². The van der Waals surface area contributed by atoms with Crippen LogP contribution in [0.25, 0.3) is 21.8 Å². The first-order chi connectivity index (χ1) is 9.67. The molecule has 0 aliphatic carbocycles. The zero-order chi connectivity index (χ0) is 14.1. The van der Waals surface area contributed by atoms with Crippen molar-refractivity contribution < 1.29 is 0 Å². The molecule has 0 saturated carbocycles. The molecule has 0 amide bonds. The molecular formula is C14H10Cl2N2S2. The largest absolute Gasteiger partial charge is 0.326 e. The van der Waals surface area contributed by atoms with Crippen LogP contribution in [0.4, 0.5) is 0 Å². The molecule has 0 spiro atoms. The first-order valence-electron chi connectivity index (χ1n) is 5.87. The minimum absolute atomic E-state index is 0.526. The van der Waals surface area contributed by atoms with Gasteiger partial charge in [-0.3, -0.25) is 0 Å². The molecule has 3 rings (SSSR count). The minimum atomic E-state index is 0.526. The summed E-state index contributed by atoms with van der Waals surface area (Å²) in [6.07, 6.45) is 0. The number of benzene rings is 1. The van der Waals surface area contributed by atoms with Crippen LogP contribution < -0.4 is 5.73 Å². The van der Waals surface area contributed by atoms with Crippen LogP contribution in [-0.2, 0) is 6.54 Å². The maximum atomic E-state index is 6.16. The van der Waals surface area contributed by atoms with Gasteiger partial charge in [0.1, 0.15) is 9.34 Å². The van der Waals surface area contributed by atoms with E-state index in [1.54, 1.807) is 11.3 Å². The topological polar surface area (TPSA) is 38.9 Å². The Kier molecular flexibility index (Phi) is 4.10. The molecule has 6 heteroatoms. The fourth-order valence-corrected chi connectivity index (χ4v) is 4.17. The molecule has 0 fully saturated rings. The summed E-state index contributed by atoms with van der Waals surface area (Å²) in [4.78, 5) is 4.64. The molecule has 1 aromatic carbocycles. The van der Waals surface area contributed by atoms with Gasteiger partial charge in [-0.2, -0.15) is 0 Å². The quantitative estimate of drug-likeness (QED) is 0.702. The molecule has 0 radical (unpaired) electrons. The summed E-state index contributed by atoms with van der Waals surface area (Å²) >= 11 is 15.1. The van der Waals surface area contributed by atoms with Crippen molar-refractivity contribution in [3.63, 3.8) is 0 Å². The van der Waals surface area contributed by atoms with Crippen molar-refractivity contribution in [3.8, 4) is 21.8 Å². The van der Waals surface area contributed by atoms with Crippen LogP contribution in [0.3, 0.4) is 0 Å². The standard InChI is InChI=1S/C14H10Cl2N2S2/c15-12-5-10(13(16)20-12)11-7-19-14(18-11)9-3-1-2-8(4-9)6-17/h1-5,7H,6,17H2. The Balaban J connectivity index is 1.99. The Labute approximate surface area is 134 Å². The summed E-state index contributed by atoms with van der Waals surface area (Å²) in [6, 6.07) is 9.94. The zero-order valence-corrected chi connectivity index (χ0v) is 13.4. The molecule has 0 saturated heterocycles. The van der Waals surface area contributed by atoms with E-state index in [0.717, 1.165) is 27.4 Å². The second kappa shape index (κ2) is 5.84. The number of hydrogen-bond donors (Lipinski definition) is 1. The second-order valence-corrected chi connectivity index (χ2v) is 7.32. The van der Waals surface area contributed by atoms with Gasteiger partial charge in [0.25, 0.3) is 0 Å². The van der Waals surface area contributed by atoms with Crippen LogP contribution in [0.15, 0.2) is 35.7 Å². The summed E-state index contributed by atoms with van der Waals surface area (Å²) in [7, 11) is 0. The van der Waals surface area contributed by atoms with E-state index in [2.05, 4.69) is 11.1 Å².